The van der Waals surface area contributed by atoms with Crippen molar-refractivity contribution in [1.82, 2.24) is 9.97 Å². The third kappa shape index (κ3) is 13.5. The van der Waals surface area contributed by atoms with Gasteiger partial charge in [0.25, 0.3) is 23.3 Å². The smallest absolute Gasteiger partial charge is 0.284 e. The first kappa shape index (κ1) is 75.6. The Morgan fingerprint density at radius 2 is 0.798 bits per heavy atom. The topological polar surface area (TPSA) is 67.2 Å². The van der Waals surface area contributed by atoms with Crippen molar-refractivity contribution >= 4 is 90.4 Å². The molecule has 114 heavy (non-hydrogen) atoms. The zero-order chi connectivity index (χ0) is 79.5. The number of aromatic nitrogens is 6. The highest BCUT2D eigenvalue weighted by Crippen LogP contribution is 2.49. The van der Waals surface area contributed by atoms with Gasteiger partial charge < -0.3 is 19.6 Å². The van der Waals surface area contributed by atoms with Gasteiger partial charge in [0.05, 0.1) is 51.4 Å². The molecule has 0 saturated heterocycles. The summed E-state index contributed by atoms with van der Waals surface area (Å²) in [6.07, 6.45) is 9.62. The molecule has 1 fully saturated rings. The van der Waals surface area contributed by atoms with Gasteiger partial charge in [-0.15, -0.1) is 0 Å². The third-order valence-corrected chi connectivity index (χ3v) is 25.1. The number of hydrogen-bond donors (Lipinski definition) is 0. The van der Waals surface area contributed by atoms with Gasteiger partial charge in [-0.2, -0.15) is 9.88 Å². The van der Waals surface area contributed by atoms with Crippen molar-refractivity contribution in [2.75, 3.05) is 67.0 Å². The lowest BCUT2D eigenvalue weighted by Gasteiger charge is -2.30. The molecule has 14 nitrogen and oxygen atoms in total. The summed E-state index contributed by atoms with van der Waals surface area (Å²) in [4.78, 5) is 27.8. The molecule has 4 aliphatic heterocycles. The van der Waals surface area contributed by atoms with Crippen LogP contribution in [0.5, 0.6) is 0 Å². The van der Waals surface area contributed by atoms with E-state index in [0.717, 1.165) is 24.0 Å². The molecule has 19 rings (SSSR count). The zero-order valence-electron chi connectivity index (χ0n) is 69.4. The van der Waals surface area contributed by atoms with E-state index < -0.39 is 0 Å². The Hall–Kier alpha value is -12.4. The van der Waals surface area contributed by atoms with Crippen LogP contribution >= 0.6 is 0 Å². The van der Waals surface area contributed by atoms with Crippen molar-refractivity contribution in [3.05, 3.63) is 300 Å². The molecule has 1 aliphatic carbocycles. The lowest BCUT2D eigenvalue weighted by Crippen LogP contribution is -2.48. The van der Waals surface area contributed by atoms with Gasteiger partial charge >= 0.3 is 0 Å². The van der Waals surface area contributed by atoms with E-state index >= 15 is 0 Å². The lowest BCUT2D eigenvalue weighted by atomic mass is 9.96. The first-order chi connectivity index (χ1) is 55.2. The zero-order valence-corrected chi connectivity index (χ0v) is 69.4. The Morgan fingerprint density at radius 3 is 1.39 bits per heavy atom. The third-order valence-electron chi connectivity index (χ3n) is 25.1. The lowest BCUT2D eigenvalue weighted by molar-refractivity contribution is -0.647. The van der Waals surface area contributed by atoms with E-state index in [1.807, 2.05) is 6.20 Å². The predicted octanol–water partition coefficient (Wildman–Crippen LogP) is 20.6. The highest BCUT2D eigenvalue weighted by Gasteiger charge is 2.46. The molecule has 0 unspecified atom stereocenters. The number of fused-ring (bicyclic) bond motifs is 6. The summed E-state index contributed by atoms with van der Waals surface area (Å²) in [5, 5.41) is 5.14. The minimum atomic E-state index is 0.252. The van der Waals surface area contributed by atoms with Crippen LogP contribution < -0.4 is 57.5 Å². The molecular weight excluding hydrogens is 1400 g/mol. The fraction of sp³-hybridized carbons (Fsp3) is 0.260. The van der Waals surface area contributed by atoms with Crippen LogP contribution in [0.3, 0.4) is 0 Å². The van der Waals surface area contributed by atoms with Gasteiger partial charge in [0.15, 0.2) is 42.2 Å². The van der Waals surface area contributed by atoms with E-state index in [9.17, 15) is 0 Å². The maximum atomic E-state index is 4.50. The Morgan fingerprint density at radius 1 is 0.351 bits per heavy atom. The van der Waals surface area contributed by atoms with Crippen LogP contribution in [0.2, 0.25) is 0 Å². The van der Waals surface area contributed by atoms with Crippen molar-refractivity contribution in [3.63, 3.8) is 0 Å². The molecule has 14 heteroatoms. The number of hydrogen-bond acceptors (Lipinski definition) is 10. The molecule has 0 radical (unpaired) electrons. The number of benzene rings is 9. The molecule has 3 atom stereocenters. The van der Waals surface area contributed by atoms with Gasteiger partial charge in [0.2, 0.25) is 5.82 Å². The van der Waals surface area contributed by atoms with Crippen LogP contribution in [0.15, 0.2) is 261 Å². The minimum absolute atomic E-state index is 0.252. The van der Waals surface area contributed by atoms with E-state index in [1.165, 1.54) is 183 Å². The van der Waals surface area contributed by atoms with Gasteiger partial charge in [-0.3, -0.25) is 0 Å². The average Bonchev–Trinajstić information content (AvgIpc) is 1.57. The number of anilines is 12. The Balaban J connectivity index is 0.000000115. The van der Waals surface area contributed by atoms with E-state index in [-0.39, 0.29) is 12.3 Å². The summed E-state index contributed by atoms with van der Waals surface area (Å²) in [6.45, 7) is 23.0. The van der Waals surface area contributed by atoms with Gasteiger partial charge in [-0.05, 0) is 240 Å². The van der Waals surface area contributed by atoms with E-state index in [2.05, 4.69) is 435 Å². The van der Waals surface area contributed by atoms with E-state index in [1.54, 1.807) is 6.33 Å². The van der Waals surface area contributed by atoms with Crippen LogP contribution in [-0.2, 0) is 28.2 Å². The Labute approximate surface area is 674 Å². The highest BCUT2D eigenvalue weighted by molar-refractivity contribution is 5.97. The monoisotopic (exact) mass is 1500 g/mol. The fourth-order valence-corrected chi connectivity index (χ4v) is 18.4. The van der Waals surface area contributed by atoms with Crippen molar-refractivity contribution < 1.29 is 18.3 Å². The SMILES string of the molecule is Cc1cc(C)c(-c2cccc(N3c4ccccc4N(C4CCCC4)[C@H]3C)[n+]2C)cc1C.Cc1cc2ccccc2cc1-c1cccc(N2c3ccccc3N(C)[C@H]2C)[n+]1C.Cc1ccc2ccccc2c1-c1cccc(N2c3ccccc3N(C)[C@H]2C)[n+]1C.Cc1cccc(-c2cccc(N3CN(C)c4cncnc43)[n+]2C)c1C. The minimum Gasteiger partial charge on any atom is -0.333 e. The predicted molar refractivity (Wildman–Crippen MR) is 473 cm³/mol. The van der Waals surface area contributed by atoms with E-state index in [4.69, 9.17) is 0 Å². The summed E-state index contributed by atoms with van der Waals surface area (Å²) >= 11 is 0. The van der Waals surface area contributed by atoms with Crippen LogP contribution in [-0.4, -0.2) is 62.3 Å². The van der Waals surface area contributed by atoms with Crippen LogP contribution in [0.4, 0.5) is 68.9 Å². The highest BCUT2D eigenvalue weighted by atomic mass is 15.5. The van der Waals surface area contributed by atoms with Gasteiger partial charge in [0.1, 0.15) is 34.8 Å². The summed E-state index contributed by atoms with van der Waals surface area (Å²) in [5.41, 5.74) is 28.2. The van der Waals surface area contributed by atoms with Crippen molar-refractivity contribution in [2.24, 2.45) is 28.2 Å². The maximum Gasteiger partial charge on any atom is 0.284 e. The molecule has 0 spiro atoms. The first-order valence-electron chi connectivity index (χ1n) is 40.5. The quantitative estimate of drug-likeness (QED) is 0.131. The molecule has 0 amide bonds. The Kier molecular flexibility index (Phi) is 20.7. The second-order valence-electron chi connectivity index (χ2n) is 31.8. The maximum absolute atomic E-state index is 4.50. The van der Waals surface area contributed by atoms with Crippen molar-refractivity contribution in [3.8, 4) is 45.0 Å². The van der Waals surface area contributed by atoms with Crippen LogP contribution in [0.25, 0.3) is 66.6 Å². The summed E-state index contributed by atoms with van der Waals surface area (Å²) < 4.78 is 9.28. The molecule has 9 aromatic carbocycles. The molecule has 9 heterocycles. The normalized spacial score (nSPS) is 16.0. The largest absolute Gasteiger partial charge is 0.333 e. The fourth-order valence-electron chi connectivity index (χ4n) is 18.4. The number of pyridine rings is 4. The molecule has 0 N–H and O–H groups in total. The van der Waals surface area contributed by atoms with Crippen molar-refractivity contribution in [2.45, 2.75) is 119 Å². The van der Waals surface area contributed by atoms with Crippen LogP contribution in [0.1, 0.15) is 85.4 Å². The molecule has 5 aromatic heterocycles. The average molecular weight is 1510 g/mol. The Bertz CT molecular complexity index is 5980. The molecule has 14 aromatic rings. The molecule has 5 aliphatic rings. The first-order valence-corrected chi connectivity index (χ1v) is 40.5. The van der Waals surface area contributed by atoms with Crippen molar-refractivity contribution in [1.29, 1.82) is 0 Å². The molecule has 574 valence electrons. The molecular formula is C100H108N14+4. The van der Waals surface area contributed by atoms with Crippen LogP contribution in [0, 0.1) is 48.5 Å². The summed E-state index contributed by atoms with van der Waals surface area (Å²) in [6, 6.07) is 90.7. The van der Waals surface area contributed by atoms with Gasteiger partial charge in [0, 0.05) is 73.7 Å². The second kappa shape index (κ2) is 31.3. The number of para-hydroxylation sites is 6. The summed E-state index contributed by atoms with van der Waals surface area (Å²) in [7, 11) is 15.1. The van der Waals surface area contributed by atoms with Gasteiger partial charge in [-0.1, -0.05) is 140 Å². The van der Waals surface area contributed by atoms with E-state index in [0.29, 0.717) is 12.2 Å². The number of aryl methyl sites for hydroxylation is 6. The summed E-state index contributed by atoms with van der Waals surface area (Å²) in [5.74, 6) is 5.70. The molecule has 1 saturated carbocycles. The second-order valence-corrected chi connectivity index (χ2v) is 31.8. The number of nitrogens with zero attached hydrogens (tertiary/aromatic N) is 14. The standard InChI is InChI=1S/C28H34N3.2C26H26N3.C20H22N5/c1-19-17-21(3)24(18-20(19)2)25-15-10-16-28(29(25)5)31-22(4)30(23-11-6-7-12-23)26-13-8-9-14-27(26)31;1-18-16-20-10-5-6-11-21(20)17-22(18)23-14-9-15-26(28(23)4)29-19(2)27(3)24-12-7-8-13-25(24)29;1-18-16-17-20-10-5-6-11-21(20)26(18)24-14-9-15-25(28(24)4)29-19(2)27(3)22-12-7-8-13-23(22)29;1-14-7-5-8-16(15(14)2)17-9-6-10-19(24(17)4)25-13-23(3)18-11-21-12-22-20(18)25/h8-10,13-18,22-23H,6-7,11-12H2,1-5H3;2*5-17,19H,1-4H3;5-12H,13H2,1-4H3/q4*+1/t22-;2*19-;/m111./s1. The van der Waals surface area contributed by atoms with Gasteiger partial charge in [-0.25, -0.2) is 38.0 Å². The molecule has 0 bridgehead atoms. The number of rotatable bonds is 9.